The van der Waals surface area contributed by atoms with E-state index < -0.39 is 0 Å². The Kier molecular flexibility index (Phi) is 6.24. The zero-order valence-corrected chi connectivity index (χ0v) is 16.6. The van der Waals surface area contributed by atoms with Crippen LogP contribution in [0.3, 0.4) is 0 Å². The van der Waals surface area contributed by atoms with Crippen molar-refractivity contribution in [2.45, 2.75) is 32.0 Å². The molecule has 0 radical (unpaired) electrons. The van der Waals surface area contributed by atoms with Crippen molar-refractivity contribution in [1.82, 2.24) is 9.97 Å². The molecule has 0 N–H and O–H groups in total. The number of amides is 1. The summed E-state index contributed by atoms with van der Waals surface area (Å²) in [5, 5.41) is 0.624. The van der Waals surface area contributed by atoms with Gasteiger partial charge in [-0.05, 0) is 39.0 Å². The Hall–Kier alpha value is -2.66. The number of anilines is 1. The van der Waals surface area contributed by atoms with Gasteiger partial charge >= 0.3 is 0 Å². The SMILES string of the molecule is Cc1cc(-c2ccccc2)nc(SCC(=O)N(c2ccccc2)C(C)C)n1. The molecule has 0 aliphatic heterocycles. The largest absolute Gasteiger partial charge is 0.309 e. The zero-order valence-electron chi connectivity index (χ0n) is 15.8. The maximum absolute atomic E-state index is 12.8. The molecule has 0 bridgehead atoms. The van der Waals surface area contributed by atoms with Gasteiger partial charge in [-0.3, -0.25) is 4.79 Å². The van der Waals surface area contributed by atoms with Gasteiger partial charge in [-0.1, -0.05) is 60.3 Å². The summed E-state index contributed by atoms with van der Waals surface area (Å²) in [6.45, 7) is 5.99. The van der Waals surface area contributed by atoms with E-state index in [2.05, 4.69) is 9.97 Å². The Morgan fingerprint density at radius 3 is 2.26 bits per heavy atom. The second-order valence-corrected chi connectivity index (χ2v) is 7.47. The van der Waals surface area contributed by atoms with Crippen molar-refractivity contribution >= 4 is 23.4 Å². The molecule has 0 aliphatic carbocycles. The summed E-state index contributed by atoms with van der Waals surface area (Å²) in [4.78, 5) is 23.8. The van der Waals surface area contributed by atoms with Gasteiger partial charge in [0, 0.05) is 23.0 Å². The highest BCUT2D eigenvalue weighted by atomic mass is 32.2. The molecule has 4 nitrogen and oxygen atoms in total. The van der Waals surface area contributed by atoms with E-state index in [1.807, 2.05) is 92.4 Å². The minimum absolute atomic E-state index is 0.0487. The Morgan fingerprint density at radius 1 is 1.00 bits per heavy atom. The third-order valence-electron chi connectivity index (χ3n) is 4.05. The van der Waals surface area contributed by atoms with Crippen LogP contribution in [0.15, 0.2) is 71.9 Å². The van der Waals surface area contributed by atoms with Gasteiger partial charge in [-0.15, -0.1) is 0 Å². The molecule has 0 fully saturated rings. The predicted molar refractivity (Wildman–Crippen MR) is 112 cm³/mol. The summed E-state index contributed by atoms with van der Waals surface area (Å²) in [7, 11) is 0. The lowest BCUT2D eigenvalue weighted by Gasteiger charge is -2.26. The van der Waals surface area contributed by atoms with Crippen molar-refractivity contribution < 1.29 is 4.79 Å². The molecule has 138 valence electrons. The topological polar surface area (TPSA) is 46.1 Å². The number of aromatic nitrogens is 2. The number of carbonyl (C=O) groups is 1. The molecule has 0 saturated heterocycles. The molecule has 3 aromatic rings. The van der Waals surface area contributed by atoms with Gasteiger partial charge < -0.3 is 4.90 Å². The Labute approximate surface area is 164 Å². The molecule has 1 aromatic heterocycles. The van der Waals surface area contributed by atoms with E-state index in [0.717, 1.165) is 22.6 Å². The van der Waals surface area contributed by atoms with Crippen LogP contribution >= 0.6 is 11.8 Å². The van der Waals surface area contributed by atoms with Crippen LogP contribution in [0.1, 0.15) is 19.5 Å². The summed E-state index contributed by atoms with van der Waals surface area (Å²) in [5.74, 6) is 0.345. The van der Waals surface area contributed by atoms with E-state index in [4.69, 9.17) is 0 Å². The number of para-hydroxylation sites is 1. The lowest BCUT2D eigenvalue weighted by molar-refractivity contribution is -0.116. The first-order chi connectivity index (χ1) is 13.0. The fourth-order valence-electron chi connectivity index (χ4n) is 2.88. The second kappa shape index (κ2) is 8.82. The van der Waals surface area contributed by atoms with E-state index in [1.165, 1.54) is 11.8 Å². The van der Waals surface area contributed by atoms with Crippen molar-refractivity contribution in [2.24, 2.45) is 0 Å². The number of aryl methyl sites for hydroxylation is 1. The van der Waals surface area contributed by atoms with Gasteiger partial charge in [0.05, 0.1) is 11.4 Å². The van der Waals surface area contributed by atoms with Crippen LogP contribution in [0.25, 0.3) is 11.3 Å². The number of thioether (sulfide) groups is 1. The molecule has 3 rings (SSSR count). The Bertz CT molecular complexity index is 898. The van der Waals surface area contributed by atoms with Gasteiger partial charge in [0.25, 0.3) is 0 Å². The molecule has 1 amide bonds. The van der Waals surface area contributed by atoms with E-state index in [1.54, 1.807) is 0 Å². The predicted octanol–water partition coefficient (Wildman–Crippen LogP) is 4.99. The first-order valence-electron chi connectivity index (χ1n) is 8.95. The highest BCUT2D eigenvalue weighted by molar-refractivity contribution is 7.99. The smallest absolute Gasteiger partial charge is 0.237 e. The van der Waals surface area contributed by atoms with Gasteiger partial charge in [-0.25, -0.2) is 9.97 Å². The quantitative estimate of drug-likeness (QED) is 0.449. The summed E-state index contributed by atoms with van der Waals surface area (Å²) in [5.41, 5.74) is 3.72. The van der Waals surface area contributed by atoms with E-state index >= 15 is 0 Å². The molecule has 1 heterocycles. The summed E-state index contributed by atoms with van der Waals surface area (Å²) in [6, 6.07) is 21.8. The molecule has 0 unspecified atom stereocenters. The second-order valence-electron chi connectivity index (χ2n) is 6.52. The number of rotatable bonds is 6. The number of carbonyl (C=O) groups excluding carboxylic acids is 1. The van der Waals surface area contributed by atoms with Crippen LogP contribution in [0.5, 0.6) is 0 Å². The van der Waals surface area contributed by atoms with Crippen LogP contribution in [0.4, 0.5) is 5.69 Å². The molecule has 2 aromatic carbocycles. The molecular weight excluding hydrogens is 354 g/mol. The number of benzene rings is 2. The van der Waals surface area contributed by atoms with Crippen molar-refractivity contribution in [3.8, 4) is 11.3 Å². The monoisotopic (exact) mass is 377 g/mol. The molecular formula is C22H23N3OS. The van der Waals surface area contributed by atoms with Gasteiger partial charge in [0.15, 0.2) is 5.16 Å². The zero-order chi connectivity index (χ0) is 19.2. The van der Waals surface area contributed by atoms with Crippen LogP contribution in [0, 0.1) is 6.92 Å². The van der Waals surface area contributed by atoms with Crippen molar-refractivity contribution in [3.63, 3.8) is 0 Å². The highest BCUT2D eigenvalue weighted by Crippen LogP contribution is 2.23. The van der Waals surface area contributed by atoms with Crippen LogP contribution in [-0.2, 0) is 4.79 Å². The lowest BCUT2D eigenvalue weighted by atomic mass is 10.1. The van der Waals surface area contributed by atoms with Crippen LogP contribution in [-0.4, -0.2) is 27.7 Å². The third-order valence-corrected chi connectivity index (χ3v) is 4.88. The molecule has 0 saturated carbocycles. The first kappa shape index (κ1) is 19.1. The van der Waals surface area contributed by atoms with Crippen molar-refractivity contribution in [3.05, 3.63) is 72.4 Å². The summed E-state index contributed by atoms with van der Waals surface area (Å²) in [6.07, 6.45) is 0. The maximum Gasteiger partial charge on any atom is 0.237 e. The Morgan fingerprint density at radius 2 is 1.63 bits per heavy atom. The number of hydrogen-bond acceptors (Lipinski definition) is 4. The average Bonchev–Trinajstić information content (AvgIpc) is 2.67. The number of nitrogens with zero attached hydrogens (tertiary/aromatic N) is 3. The third kappa shape index (κ3) is 4.95. The fraction of sp³-hybridized carbons (Fsp3) is 0.227. The van der Waals surface area contributed by atoms with Crippen LogP contribution < -0.4 is 4.90 Å². The molecule has 27 heavy (non-hydrogen) atoms. The fourth-order valence-corrected chi connectivity index (χ4v) is 3.64. The van der Waals surface area contributed by atoms with Crippen LogP contribution in [0.2, 0.25) is 0 Å². The first-order valence-corrected chi connectivity index (χ1v) is 9.94. The van der Waals surface area contributed by atoms with E-state index in [0.29, 0.717) is 10.9 Å². The lowest BCUT2D eigenvalue weighted by Crippen LogP contribution is -2.38. The van der Waals surface area contributed by atoms with Crippen molar-refractivity contribution in [2.75, 3.05) is 10.7 Å². The summed E-state index contributed by atoms with van der Waals surface area (Å²) < 4.78 is 0. The minimum atomic E-state index is 0.0487. The van der Waals surface area contributed by atoms with Gasteiger partial charge in [0.1, 0.15) is 0 Å². The standard InChI is InChI=1S/C22H23N3OS/c1-16(2)25(19-12-8-5-9-13-19)21(26)15-27-22-23-17(3)14-20(24-22)18-10-6-4-7-11-18/h4-14,16H,15H2,1-3H3. The molecule has 5 heteroatoms. The van der Waals surface area contributed by atoms with Gasteiger partial charge in [-0.2, -0.15) is 0 Å². The Balaban J connectivity index is 1.76. The molecule has 0 aliphatic rings. The van der Waals surface area contributed by atoms with Gasteiger partial charge in [0.2, 0.25) is 5.91 Å². The number of hydrogen-bond donors (Lipinski definition) is 0. The van der Waals surface area contributed by atoms with E-state index in [-0.39, 0.29) is 11.9 Å². The highest BCUT2D eigenvalue weighted by Gasteiger charge is 2.19. The average molecular weight is 378 g/mol. The van der Waals surface area contributed by atoms with Crippen molar-refractivity contribution in [1.29, 1.82) is 0 Å². The molecule has 0 spiro atoms. The molecule has 0 atom stereocenters. The maximum atomic E-state index is 12.8. The van der Waals surface area contributed by atoms with E-state index in [9.17, 15) is 4.79 Å². The summed E-state index contributed by atoms with van der Waals surface area (Å²) >= 11 is 1.38. The minimum Gasteiger partial charge on any atom is -0.309 e. The normalized spacial score (nSPS) is 10.8.